The smallest absolute Gasteiger partial charge is 0.323 e. The molecule has 0 aromatic heterocycles. The number of methoxy groups -OCH3 is 1. The quantitative estimate of drug-likeness (QED) is 0.884. The van der Waals surface area contributed by atoms with Crippen LogP contribution in [0, 0.1) is 0 Å². The van der Waals surface area contributed by atoms with Crippen LogP contribution in [0.4, 0.5) is 4.79 Å². The standard InChI is InChI=1S/C15H18N2O4/c1-4-21-14-12(9(2)13(18)16-15(19)17-14)10-5-7-11(20-3)8-6-10/h5-8,14H,4H2,1-3H3,(H2,16,17,18,19). The van der Waals surface area contributed by atoms with Gasteiger partial charge in [-0.1, -0.05) is 12.1 Å². The van der Waals surface area contributed by atoms with Gasteiger partial charge in [-0.2, -0.15) is 0 Å². The summed E-state index contributed by atoms with van der Waals surface area (Å²) in [5.41, 5.74) is 1.88. The van der Waals surface area contributed by atoms with Gasteiger partial charge in [0.05, 0.1) is 7.11 Å². The molecule has 0 fully saturated rings. The molecule has 1 aliphatic heterocycles. The molecule has 0 saturated carbocycles. The van der Waals surface area contributed by atoms with E-state index in [-0.39, 0.29) is 0 Å². The lowest BCUT2D eigenvalue weighted by atomic mass is 9.98. The van der Waals surface area contributed by atoms with Crippen LogP contribution in [0.1, 0.15) is 19.4 Å². The summed E-state index contributed by atoms with van der Waals surface area (Å²) >= 11 is 0. The normalized spacial score (nSPS) is 18.9. The number of imide groups is 1. The van der Waals surface area contributed by atoms with Crippen molar-refractivity contribution in [2.24, 2.45) is 0 Å². The van der Waals surface area contributed by atoms with Crippen LogP contribution in [0.2, 0.25) is 0 Å². The number of rotatable bonds is 4. The van der Waals surface area contributed by atoms with Gasteiger partial charge in [0.1, 0.15) is 5.75 Å². The Balaban J connectivity index is 2.48. The van der Waals surface area contributed by atoms with Crippen molar-refractivity contribution in [2.75, 3.05) is 13.7 Å². The molecular weight excluding hydrogens is 272 g/mol. The molecular formula is C15H18N2O4. The highest BCUT2D eigenvalue weighted by molar-refractivity contribution is 6.10. The molecule has 1 aliphatic rings. The van der Waals surface area contributed by atoms with Crippen LogP contribution >= 0.6 is 0 Å². The molecule has 0 spiro atoms. The molecule has 1 unspecified atom stereocenters. The van der Waals surface area contributed by atoms with Crippen molar-refractivity contribution in [1.82, 2.24) is 10.6 Å². The average molecular weight is 290 g/mol. The van der Waals surface area contributed by atoms with Gasteiger partial charge in [0.25, 0.3) is 5.91 Å². The lowest BCUT2D eigenvalue weighted by Gasteiger charge is -2.20. The van der Waals surface area contributed by atoms with Crippen LogP contribution in [-0.2, 0) is 9.53 Å². The number of carbonyl (C=O) groups is 2. The zero-order chi connectivity index (χ0) is 15.4. The van der Waals surface area contributed by atoms with Crippen LogP contribution in [-0.4, -0.2) is 31.9 Å². The Hall–Kier alpha value is -2.34. The number of nitrogens with one attached hydrogen (secondary N) is 2. The van der Waals surface area contributed by atoms with Crippen LogP contribution < -0.4 is 15.4 Å². The monoisotopic (exact) mass is 290 g/mol. The number of carbonyl (C=O) groups excluding carboxylic acids is 2. The maximum absolute atomic E-state index is 12.0. The van der Waals surface area contributed by atoms with Crippen molar-refractivity contribution >= 4 is 17.5 Å². The van der Waals surface area contributed by atoms with E-state index in [1.807, 2.05) is 19.1 Å². The number of hydrogen-bond acceptors (Lipinski definition) is 4. The summed E-state index contributed by atoms with van der Waals surface area (Å²) < 4.78 is 10.7. The molecule has 3 amide bonds. The molecule has 0 saturated heterocycles. The van der Waals surface area contributed by atoms with Gasteiger partial charge in [-0.25, -0.2) is 4.79 Å². The third-order valence-electron chi connectivity index (χ3n) is 3.23. The second-order valence-corrected chi connectivity index (χ2v) is 4.53. The van der Waals surface area contributed by atoms with Crippen molar-refractivity contribution in [3.63, 3.8) is 0 Å². The van der Waals surface area contributed by atoms with Crippen LogP contribution in [0.5, 0.6) is 5.75 Å². The summed E-state index contributed by atoms with van der Waals surface area (Å²) in [4.78, 5) is 23.6. The summed E-state index contributed by atoms with van der Waals surface area (Å²) in [6.45, 7) is 3.90. The predicted molar refractivity (Wildman–Crippen MR) is 77.7 cm³/mol. The Labute approximate surface area is 123 Å². The Bertz CT molecular complexity index is 578. The van der Waals surface area contributed by atoms with Crippen LogP contribution in [0.25, 0.3) is 5.57 Å². The molecule has 2 rings (SSSR count). The summed E-state index contributed by atoms with van der Waals surface area (Å²) in [5.74, 6) is 0.285. The Morgan fingerprint density at radius 1 is 1.19 bits per heavy atom. The maximum atomic E-state index is 12.0. The first-order valence-electron chi connectivity index (χ1n) is 6.65. The Morgan fingerprint density at radius 3 is 2.43 bits per heavy atom. The van der Waals surface area contributed by atoms with Gasteiger partial charge >= 0.3 is 6.03 Å². The second kappa shape index (κ2) is 6.41. The first-order valence-corrected chi connectivity index (χ1v) is 6.65. The van der Waals surface area contributed by atoms with Crippen molar-refractivity contribution in [3.05, 3.63) is 35.4 Å². The molecule has 0 aliphatic carbocycles. The fraction of sp³-hybridized carbons (Fsp3) is 0.333. The van der Waals surface area contributed by atoms with E-state index in [0.29, 0.717) is 23.5 Å². The van der Waals surface area contributed by atoms with Gasteiger partial charge < -0.3 is 14.8 Å². The topological polar surface area (TPSA) is 76.7 Å². The van der Waals surface area contributed by atoms with E-state index >= 15 is 0 Å². The second-order valence-electron chi connectivity index (χ2n) is 4.53. The molecule has 1 atom stereocenters. The highest BCUT2D eigenvalue weighted by atomic mass is 16.5. The van der Waals surface area contributed by atoms with E-state index in [4.69, 9.17) is 9.47 Å². The predicted octanol–water partition coefficient (Wildman–Crippen LogP) is 1.67. The fourth-order valence-corrected chi connectivity index (χ4v) is 2.17. The zero-order valence-electron chi connectivity index (χ0n) is 12.2. The van der Waals surface area contributed by atoms with Gasteiger partial charge in [0.2, 0.25) is 0 Å². The summed E-state index contributed by atoms with van der Waals surface area (Å²) in [5, 5.41) is 4.89. The third-order valence-corrected chi connectivity index (χ3v) is 3.23. The minimum absolute atomic E-state index is 0.409. The fourth-order valence-electron chi connectivity index (χ4n) is 2.17. The first kappa shape index (κ1) is 15.1. The van der Waals surface area contributed by atoms with E-state index in [2.05, 4.69) is 10.6 Å². The van der Waals surface area contributed by atoms with Gasteiger partial charge in [-0.3, -0.25) is 10.1 Å². The summed E-state index contributed by atoms with van der Waals surface area (Å²) in [6, 6.07) is 6.68. The van der Waals surface area contributed by atoms with Crippen LogP contribution in [0.3, 0.4) is 0 Å². The van der Waals surface area contributed by atoms with Gasteiger partial charge in [-0.15, -0.1) is 0 Å². The summed E-state index contributed by atoms with van der Waals surface area (Å²) in [6.07, 6.45) is -0.671. The van der Waals surface area contributed by atoms with Gasteiger partial charge in [0.15, 0.2) is 6.23 Å². The van der Waals surface area contributed by atoms with Crippen molar-refractivity contribution in [1.29, 1.82) is 0 Å². The molecule has 1 aromatic carbocycles. The minimum Gasteiger partial charge on any atom is -0.497 e. The average Bonchev–Trinajstić information content (AvgIpc) is 2.57. The minimum atomic E-state index is -0.671. The van der Waals surface area contributed by atoms with Crippen molar-refractivity contribution < 1.29 is 19.1 Å². The Kier molecular flexibility index (Phi) is 4.59. The van der Waals surface area contributed by atoms with E-state index in [0.717, 1.165) is 5.56 Å². The van der Waals surface area contributed by atoms with E-state index in [1.54, 1.807) is 26.2 Å². The zero-order valence-corrected chi connectivity index (χ0v) is 12.2. The number of benzene rings is 1. The molecule has 6 nitrogen and oxygen atoms in total. The highest BCUT2D eigenvalue weighted by Crippen LogP contribution is 2.26. The molecule has 6 heteroatoms. The number of urea groups is 1. The van der Waals surface area contributed by atoms with E-state index in [1.165, 1.54) is 0 Å². The third kappa shape index (κ3) is 3.22. The first-order chi connectivity index (χ1) is 10.1. The molecule has 0 radical (unpaired) electrons. The lowest BCUT2D eigenvalue weighted by Crippen LogP contribution is -2.42. The molecule has 112 valence electrons. The molecule has 1 heterocycles. The molecule has 2 N–H and O–H groups in total. The van der Waals surface area contributed by atoms with Gasteiger partial charge in [-0.05, 0) is 31.5 Å². The van der Waals surface area contributed by atoms with E-state index in [9.17, 15) is 9.59 Å². The SMILES string of the molecule is CCOC1NC(=O)NC(=O)C(C)=C1c1ccc(OC)cc1. The maximum Gasteiger partial charge on any atom is 0.323 e. The lowest BCUT2D eigenvalue weighted by molar-refractivity contribution is -0.116. The van der Waals surface area contributed by atoms with E-state index < -0.39 is 18.2 Å². The number of ether oxygens (including phenoxy) is 2. The molecule has 0 bridgehead atoms. The number of amides is 3. The molecule has 1 aromatic rings. The highest BCUT2D eigenvalue weighted by Gasteiger charge is 2.28. The Morgan fingerprint density at radius 2 is 1.86 bits per heavy atom. The largest absolute Gasteiger partial charge is 0.497 e. The number of hydrogen-bond donors (Lipinski definition) is 2. The van der Waals surface area contributed by atoms with Gasteiger partial charge in [0, 0.05) is 17.8 Å². The summed E-state index contributed by atoms with van der Waals surface area (Å²) in [7, 11) is 1.59. The van der Waals surface area contributed by atoms with Crippen molar-refractivity contribution in [2.45, 2.75) is 20.1 Å². The van der Waals surface area contributed by atoms with Crippen LogP contribution in [0.15, 0.2) is 29.8 Å². The molecule has 21 heavy (non-hydrogen) atoms. The van der Waals surface area contributed by atoms with Crippen molar-refractivity contribution in [3.8, 4) is 5.75 Å².